The van der Waals surface area contributed by atoms with Crippen molar-refractivity contribution in [1.82, 2.24) is 14.7 Å². The fraction of sp³-hybridized carbons (Fsp3) is 0.667. The Morgan fingerprint density at radius 3 is 1.71 bits per heavy atom. The average Bonchev–Trinajstić information content (AvgIpc) is 3.87. The monoisotopic (exact) mass is 641 g/mol. The van der Waals surface area contributed by atoms with E-state index in [1.54, 1.807) is 0 Å². The molecular formula is C36H56N3O5P. The molecule has 1 aromatic carbocycles. The van der Waals surface area contributed by atoms with Crippen molar-refractivity contribution in [2.24, 2.45) is 0 Å². The van der Waals surface area contributed by atoms with Crippen LogP contribution in [0.5, 0.6) is 5.75 Å². The zero-order chi connectivity index (χ0) is 32.0. The van der Waals surface area contributed by atoms with Crippen LogP contribution in [0.3, 0.4) is 0 Å². The zero-order valence-electron chi connectivity index (χ0n) is 27.8. The smallest absolute Gasteiger partial charge is 0.391 e. The molecule has 0 bridgehead atoms. The minimum Gasteiger partial charge on any atom is -0.427 e. The Balaban J connectivity index is 0.000000227. The molecule has 250 valence electrons. The second-order valence-corrected chi connectivity index (χ2v) is 13.6. The molecule has 0 saturated carbocycles. The molecule has 0 unspecified atom stereocenters. The highest BCUT2D eigenvalue weighted by Gasteiger charge is 2.43. The Bertz CT molecular complexity index is 1170. The van der Waals surface area contributed by atoms with Crippen LogP contribution in [-0.2, 0) is 22.4 Å². The average molecular weight is 642 g/mol. The summed E-state index contributed by atoms with van der Waals surface area (Å²) in [6.07, 6.45) is 21.8. The second-order valence-electron chi connectivity index (χ2n) is 12.9. The van der Waals surface area contributed by atoms with Gasteiger partial charge in [-0.1, -0.05) is 103 Å². The third kappa shape index (κ3) is 12.0. The van der Waals surface area contributed by atoms with Crippen LogP contribution in [0.4, 0.5) is 0 Å². The summed E-state index contributed by atoms with van der Waals surface area (Å²) >= 11 is 0. The first-order chi connectivity index (χ1) is 21.9. The summed E-state index contributed by atoms with van der Waals surface area (Å²) in [5, 5.41) is 0. The number of benzene rings is 1. The molecule has 45 heavy (non-hydrogen) atoms. The highest BCUT2D eigenvalue weighted by atomic mass is 31.2. The van der Waals surface area contributed by atoms with E-state index in [2.05, 4.69) is 26.0 Å². The Kier molecular flexibility index (Phi) is 14.7. The van der Waals surface area contributed by atoms with E-state index >= 15 is 0 Å². The molecule has 3 fully saturated rings. The van der Waals surface area contributed by atoms with Crippen LogP contribution in [-0.4, -0.2) is 75.3 Å². The molecule has 0 aromatic heterocycles. The van der Waals surface area contributed by atoms with Crippen LogP contribution in [0.1, 0.15) is 115 Å². The lowest BCUT2D eigenvalue weighted by Crippen LogP contribution is -2.29. The SMILES string of the molecule is CCCCCCCCCc1ccc(OP(O)O)c(CCCCCCCCC)c1.O=C1C=C(N2CC2)C(=O)C(N2CC2)=C1N1CC1. The van der Waals surface area contributed by atoms with Gasteiger partial charge in [0.2, 0.25) is 11.6 Å². The van der Waals surface area contributed by atoms with Crippen LogP contribution in [0.25, 0.3) is 0 Å². The van der Waals surface area contributed by atoms with E-state index in [9.17, 15) is 19.4 Å². The summed E-state index contributed by atoms with van der Waals surface area (Å²) < 4.78 is 5.27. The molecule has 4 aliphatic rings. The molecule has 3 aliphatic heterocycles. The lowest BCUT2D eigenvalue weighted by atomic mass is 9.99. The maximum Gasteiger partial charge on any atom is 0.391 e. The molecule has 5 rings (SSSR count). The van der Waals surface area contributed by atoms with E-state index in [0.717, 1.165) is 64.1 Å². The molecule has 0 radical (unpaired) electrons. The number of hydrogen-bond donors (Lipinski definition) is 2. The summed E-state index contributed by atoms with van der Waals surface area (Å²) in [5.41, 5.74) is 4.36. The predicted molar refractivity (Wildman–Crippen MR) is 182 cm³/mol. The van der Waals surface area contributed by atoms with Crippen LogP contribution in [0.15, 0.2) is 41.4 Å². The molecule has 0 amide bonds. The van der Waals surface area contributed by atoms with E-state index in [1.807, 2.05) is 20.8 Å². The van der Waals surface area contributed by atoms with Gasteiger partial charge >= 0.3 is 8.60 Å². The van der Waals surface area contributed by atoms with Gasteiger partial charge in [0.25, 0.3) is 0 Å². The maximum atomic E-state index is 12.4. The quantitative estimate of drug-likeness (QED) is 0.0639. The summed E-state index contributed by atoms with van der Waals surface area (Å²) in [5.74, 6) is 0.692. The lowest BCUT2D eigenvalue weighted by Gasteiger charge is -2.21. The van der Waals surface area contributed by atoms with Crippen LogP contribution < -0.4 is 4.52 Å². The summed E-state index contributed by atoms with van der Waals surface area (Å²) in [6.45, 7) is 9.91. The van der Waals surface area contributed by atoms with Crippen molar-refractivity contribution in [3.63, 3.8) is 0 Å². The van der Waals surface area contributed by atoms with Crippen molar-refractivity contribution in [2.45, 2.75) is 117 Å². The Hall–Kier alpha value is -2.41. The fourth-order valence-corrected chi connectivity index (χ4v) is 6.35. The van der Waals surface area contributed by atoms with E-state index in [-0.39, 0.29) is 11.6 Å². The summed E-state index contributed by atoms with van der Waals surface area (Å²) in [7, 11) is -2.35. The van der Waals surface area contributed by atoms with Gasteiger partial charge in [0.05, 0.1) is 5.70 Å². The van der Waals surface area contributed by atoms with Gasteiger partial charge in [-0.15, -0.1) is 0 Å². The van der Waals surface area contributed by atoms with Gasteiger partial charge < -0.3 is 29.0 Å². The number of Topliss-reactive ketones (excluding diaryl/α,β-unsaturated/α-hetero) is 1. The third-order valence-electron chi connectivity index (χ3n) is 8.91. The van der Waals surface area contributed by atoms with Gasteiger partial charge in [-0.3, -0.25) is 9.59 Å². The van der Waals surface area contributed by atoms with E-state index in [1.165, 1.54) is 95.1 Å². The molecule has 9 heteroatoms. The third-order valence-corrected chi connectivity index (χ3v) is 9.27. The molecule has 3 heterocycles. The number of carbonyl (C=O) groups is 2. The number of carbonyl (C=O) groups excluding carboxylic acids is 2. The van der Waals surface area contributed by atoms with Gasteiger partial charge in [0.1, 0.15) is 17.1 Å². The molecule has 0 spiro atoms. The first-order valence-electron chi connectivity index (χ1n) is 17.7. The number of allylic oxidation sites excluding steroid dienone is 1. The number of nitrogens with zero attached hydrogens (tertiary/aromatic N) is 3. The fourth-order valence-electron chi connectivity index (χ4n) is 6.00. The molecular weight excluding hydrogens is 585 g/mol. The van der Waals surface area contributed by atoms with Crippen molar-refractivity contribution in [1.29, 1.82) is 0 Å². The van der Waals surface area contributed by atoms with Gasteiger partial charge in [-0.25, -0.2) is 0 Å². The molecule has 0 atom stereocenters. The van der Waals surface area contributed by atoms with E-state index in [4.69, 9.17) is 4.52 Å². The molecule has 8 nitrogen and oxygen atoms in total. The topological polar surface area (TPSA) is 92.9 Å². The standard InChI is InChI=1S/C24H43O3P.C12H13N3O2/c1-3-5-7-9-11-13-15-17-22-19-20-24(27-28(25)26)23(21-22)18-16-14-12-10-8-6-4-2;16-9-7-8(13-1-2-13)12(17)11(15-5-6-15)10(9)14-3-4-14/h19-21,25-26H,3-18H2,1-2H3;7H,1-6H2. The van der Waals surface area contributed by atoms with Crippen molar-refractivity contribution in [3.05, 3.63) is 52.5 Å². The van der Waals surface area contributed by atoms with E-state index in [0.29, 0.717) is 22.8 Å². The van der Waals surface area contributed by atoms with Crippen molar-refractivity contribution in [3.8, 4) is 5.75 Å². The van der Waals surface area contributed by atoms with Gasteiger partial charge in [0, 0.05) is 45.3 Å². The number of rotatable bonds is 21. The Morgan fingerprint density at radius 2 is 1.18 bits per heavy atom. The van der Waals surface area contributed by atoms with Crippen LogP contribution >= 0.6 is 8.60 Å². The Labute approximate surface area is 272 Å². The van der Waals surface area contributed by atoms with Gasteiger partial charge in [-0.2, -0.15) is 0 Å². The number of hydrogen-bond acceptors (Lipinski definition) is 8. The van der Waals surface area contributed by atoms with Crippen molar-refractivity contribution < 1.29 is 23.9 Å². The van der Waals surface area contributed by atoms with Gasteiger partial charge in [-0.05, 0) is 42.9 Å². The minimum atomic E-state index is -2.35. The van der Waals surface area contributed by atoms with Crippen LogP contribution in [0.2, 0.25) is 0 Å². The van der Waals surface area contributed by atoms with Crippen LogP contribution in [0, 0.1) is 0 Å². The Morgan fingerprint density at radius 1 is 0.667 bits per heavy atom. The molecule has 1 aromatic rings. The lowest BCUT2D eigenvalue weighted by molar-refractivity contribution is -0.117. The predicted octanol–water partition coefficient (Wildman–Crippen LogP) is 7.04. The summed E-state index contributed by atoms with van der Waals surface area (Å²) in [4.78, 5) is 49.0. The molecule has 1 aliphatic carbocycles. The highest BCUT2D eigenvalue weighted by Crippen LogP contribution is 2.35. The number of aryl methyl sites for hydroxylation is 2. The normalized spacial score (nSPS) is 17.1. The number of unbranched alkanes of at least 4 members (excludes halogenated alkanes) is 12. The second kappa shape index (κ2) is 18.7. The van der Waals surface area contributed by atoms with Crippen molar-refractivity contribution >= 4 is 20.2 Å². The first-order valence-corrected chi connectivity index (χ1v) is 18.9. The zero-order valence-corrected chi connectivity index (χ0v) is 28.7. The minimum absolute atomic E-state index is 0.00546. The first kappa shape index (κ1) is 35.4. The molecule has 3 saturated heterocycles. The maximum absolute atomic E-state index is 12.4. The largest absolute Gasteiger partial charge is 0.427 e. The van der Waals surface area contributed by atoms with E-state index < -0.39 is 8.60 Å². The highest BCUT2D eigenvalue weighted by molar-refractivity contribution is 7.39. The van der Waals surface area contributed by atoms with Crippen molar-refractivity contribution in [2.75, 3.05) is 39.3 Å². The number of ketones is 2. The molecule has 2 N–H and O–H groups in total. The summed E-state index contributed by atoms with van der Waals surface area (Å²) in [6, 6.07) is 6.23. The van der Waals surface area contributed by atoms with Gasteiger partial charge in [0.15, 0.2) is 0 Å².